The maximum atomic E-state index is 13.8. The van der Waals surface area contributed by atoms with Crippen molar-refractivity contribution in [2.24, 2.45) is 0 Å². The number of benzene rings is 2. The molecule has 13 nitrogen and oxygen atoms in total. The summed E-state index contributed by atoms with van der Waals surface area (Å²) in [6.07, 6.45) is -1.53. The van der Waals surface area contributed by atoms with Crippen LogP contribution in [0.4, 0.5) is 0 Å². The molecule has 212 valence electrons. The zero-order valence-corrected chi connectivity index (χ0v) is 23.6. The van der Waals surface area contributed by atoms with Crippen LogP contribution in [0.5, 0.6) is 23.0 Å². The van der Waals surface area contributed by atoms with Gasteiger partial charge in [0, 0.05) is 25.2 Å². The van der Waals surface area contributed by atoms with Crippen LogP contribution in [0.25, 0.3) is 0 Å². The Morgan fingerprint density at radius 3 is 1.87 bits per heavy atom. The van der Waals surface area contributed by atoms with Gasteiger partial charge in [0.2, 0.25) is 20.0 Å². The molecule has 0 spiro atoms. The lowest BCUT2D eigenvalue weighted by Crippen LogP contribution is -2.49. The molecule has 0 saturated carbocycles. The van der Waals surface area contributed by atoms with Gasteiger partial charge in [0.1, 0.15) is 32.8 Å². The van der Waals surface area contributed by atoms with Crippen molar-refractivity contribution in [3.8, 4) is 23.0 Å². The Hall–Kier alpha value is -2.63. The number of ether oxygens (including phenoxy) is 4. The van der Waals surface area contributed by atoms with E-state index in [1.54, 1.807) is 0 Å². The number of hydrogen-bond donors (Lipinski definition) is 2. The molecule has 1 heterocycles. The minimum absolute atomic E-state index is 0.0289. The molecule has 2 N–H and O–H groups in total. The van der Waals surface area contributed by atoms with Gasteiger partial charge in [-0.25, -0.2) is 30.0 Å². The lowest BCUT2D eigenvalue weighted by atomic mass is 10.2. The summed E-state index contributed by atoms with van der Waals surface area (Å²) in [5.74, 6) is -0.856. The molecule has 1 saturated heterocycles. The van der Waals surface area contributed by atoms with E-state index in [1.807, 2.05) is 0 Å². The van der Waals surface area contributed by atoms with Crippen LogP contribution in [0.15, 0.2) is 46.2 Å². The first kappa shape index (κ1) is 29.9. The molecule has 1 fully saturated rings. The fraction of sp³-hybridized carbons (Fsp3) is 0.455. The van der Waals surface area contributed by atoms with Crippen molar-refractivity contribution in [1.29, 1.82) is 0 Å². The van der Waals surface area contributed by atoms with E-state index in [9.17, 15) is 30.4 Å². The average Bonchev–Trinajstić information content (AvgIpc) is 3.16. The summed E-state index contributed by atoms with van der Waals surface area (Å²) in [5, 5.41) is 10.5. The number of methoxy groups -OCH3 is 4. The number of rotatable bonds is 12. The lowest BCUT2D eigenvalue weighted by Gasteiger charge is -2.30. The van der Waals surface area contributed by atoms with Crippen LogP contribution in [-0.4, -0.2) is 99.8 Å². The van der Waals surface area contributed by atoms with Gasteiger partial charge in [-0.1, -0.05) is 0 Å². The first-order chi connectivity index (χ1) is 17.8. The third-order valence-electron chi connectivity index (χ3n) is 5.91. The molecule has 2 atom stereocenters. The van der Waals surface area contributed by atoms with Crippen LogP contribution in [0.1, 0.15) is 0 Å². The standard InChI is InChI=1S/C22H30N2O11S3/c1-32-15-5-7-19(34-3)21(11-15)37(28,29)23-9-10-24(17-13-36(26,27)14-18(17)25)38(30,31)22-12-16(33-2)6-8-20(22)35-4/h5-8,11-12,17-18,23,25H,9-10,13-14H2,1-4H3/t17-,18+/m1/s1. The van der Waals surface area contributed by atoms with Gasteiger partial charge < -0.3 is 24.1 Å². The molecule has 0 radical (unpaired) electrons. The Morgan fingerprint density at radius 2 is 1.39 bits per heavy atom. The molecule has 0 bridgehead atoms. The number of nitrogens with zero attached hydrogens (tertiary/aromatic N) is 1. The van der Waals surface area contributed by atoms with Gasteiger partial charge in [0.25, 0.3) is 0 Å². The van der Waals surface area contributed by atoms with E-state index < -0.39 is 66.6 Å². The third kappa shape index (κ3) is 6.32. The second-order valence-electron chi connectivity index (χ2n) is 8.26. The highest BCUT2D eigenvalue weighted by Gasteiger charge is 2.45. The fourth-order valence-electron chi connectivity index (χ4n) is 4.02. The summed E-state index contributed by atoms with van der Waals surface area (Å²) >= 11 is 0. The van der Waals surface area contributed by atoms with E-state index in [1.165, 1.54) is 64.8 Å². The normalized spacial score (nSPS) is 19.3. The molecule has 1 aliphatic rings. The van der Waals surface area contributed by atoms with Crippen LogP contribution in [0.2, 0.25) is 0 Å². The Balaban J connectivity index is 1.98. The number of aliphatic hydroxyl groups excluding tert-OH is 1. The molecule has 38 heavy (non-hydrogen) atoms. The molecular formula is C22H30N2O11S3. The monoisotopic (exact) mass is 594 g/mol. The zero-order chi connectivity index (χ0) is 28.3. The highest BCUT2D eigenvalue weighted by Crippen LogP contribution is 2.33. The maximum absolute atomic E-state index is 13.8. The number of aliphatic hydroxyl groups is 1. The molecule has 3 rings (SSSR count). The Kier molecular flexibility index (Phi) is 9.16. The molecular weight excluding hydrogens is 564 g/mol. The maximum Gasteiger partial charge on any atom is 0.247 e. The number of sulfone groups is 1. The molecule has 0 amide bonds. The SMILES string of the molecule is COc1ccc(OC)c(S(=O)(=O)NCCN([C@@H]2CS(=O)(=O)C[C@@H]2O)S(=O)(=O)c2cc(OC)ccc2OC)c1. The van der Waals surface area contributed by atoms with Gasteiger partial charge in [0.05, 0.1) is 52.1 Å². The van der Waals surface area contributed by atoms with Crippen molar-refractivity contribution < 1.29 is 49.3 Å². The van der Waals surface area contributed by atoms with Crippen molar-refractivity contribution in [2.45, 2.75) is 21.9 Å². The van der Waals surface area contributed by atoms with Crippen molar-refractivity contribution >= 4 is 29.9 Å². The molecule has 1 aliphatic heterocycles. The smallest absolute Gasteiger partial charge is 0.247 e. The fourth-order valence-corrected chi connectivity index (χ4v) is 8.95. The van der Waals surface area contributed by atoms with E-state index >= 15 is 0 Å². The highest BCUT2D eigenvalue weighted by atomic mass is 32.2. The molecule has 0 aromatic heterocycles. The molecule has 0 unspecified atom stereocenters. The van der Waals surface area contributed by atoms with Gasteiger partial charge in [-0.15, -0.1) is 0 Å². The first-order valence-corrected chi connectivity index (χ1v) is 15.9. The minimum atomic E-state index is -4.52. The van der Waals surface area contributed by atoms with Gasteiger partial charge >= 0.3 is 0 Å². The van der Waals surface area contributed by atoms with E-state index in [0.29, 0.717) is 0 Å². The van der Waals surface area contributed by atoms with Crippen LogP contribution in [-0.2, 0) is 29.9 Å². The third-order valence-corrected chi connectivity index (χ3v) is 11.0. The summed E-state index contributed by atoms with van der Waals surface area (Å²) in [6, 6.07) is 6.83. The van der Waals surface area contributed by atoms with Crippen molar-refractivity contribution in [3.63, 3.8) is 0 Å². The lowest BCUT2D eigenvalue weighted by molar-refractivity contribution is 0.128. The largest absolute Gasteiger partial charge is 0.497 e. The minimum Gasteiger partial charge on any atom is -0.497 e. The topological polar surface area (TPSA) is 175 Å². The molecule has 2 aromatic carbocycles. The second-order valence-corrected chi connectivity index (χ2v) is 14.0. The molecule has 16 heteroatoms. The Labute approximate surface area is 222 Å². The van der Waals surface area contributed by atoms with Crippen molar-refractivity contribution in [3.05, 3.63) is 36.4 Å². The van der Waals surface area contributed by atoms with E-state index in [0.717, 1.165) is 4.31 Å². The van der Waals surface area contributed by atoms with Crippen LogP contribution >= 0.6 is 0 Å². The summed E-state index contributed by atoms with van der Waals surface area (Å²) in [6.45, 7) is -0.969. The van der Waals surface area contributed by atoms with Gasteiger partial charge in [0.15, 0.2) is 9.84 Å². The molecule has 0 aliphatic carbocycles. The summed E-state index contributed by atoms with van der Waals surface area (Å²) in [4.78, 5) is -0.583. The predicted octanol–water partition coefficient (Wildman–Crippen LogP) is -0.152. The number of nitrogens with one attached hydrogen (secondary N) is 1. The van der Waals surface area contributed by atoms with Crippen LogP contribution < -0.4 is 23.7 Å². The quantitative estimate of drug-likeness (QED) is 0.334. The Morgan fingerprint density at radius 1 is 0.868 bits per heavy atom. The van der Waals surface area contributed by atoms with Crippen LogP contribution in [0.3, 0.4) is 0 Å². The Bertz CT molecular complexity index is 1480. The van der Waals surface area contributed by atoms with Gasteiger partial charge in [-0.3, -0.25) is 0 Å². The van der Waals surface area contributed by atoms with Gasteiger partial charge in [-0.2, -0.15) is 4.31 Å². The zero-order valence-electron chi connectivity index (χ0n) is 21.1. The molecule has 2 aromatic rings. The van der Waals surface area contributed by atoms with Crippen LogP contribution in [0, 0.1) is 0 Å². The van der Waals surface area contributed by atoms with E-state index in [4.69, 9.17) is 18.9 Å². The van der Waals surface area contributed by atoms with E-state index in [-0.39, 0.29) is 32.8 Å². The van der Waals surface area contributed by atoms with Crippen molar-refractivity contribution in [1.82, 2.24) is 9.03 Å². The first-order valence-electron chi connectivity index (χ1n) is 11.1. The second kappa shape index (κ2) is 11.6. The van der Waals surface area contributed by atoms with Crippen molar-refractivity contribution in [2.75, 3.05) is 53.0 Å². The number of hydrogen-bond acceptors (Lipinski definition) is 11. The predicted molar refractivity (Wildman–Crippen MR) is 137 cm³/mol. The summed E-state index contributed by atoms with van der Waals surface area (Å²) < 4.78 is 102. The van der Waals surface area contributed by atoms with Gasteiger partial charge in [-0.05, 0) is 24.3 Å². The summed E-state index contributed by atoms with van der Waals surface area (Å²) in [7, 11) is -7.25. The average molecular weight is 595 g/mol. The number of sulfonamides is 2. The highest BCUT2D eigenvalue weighted by molar-refractivity contribution is 7.92. The van der Waals surface area contributed by atoms with E-state index in [2.05, 4.69) is 4.72 Å². The summed E-state index contributed by atoms with van der Waals surface area (Å²) in [5.41, 5.74) is 0.